The van der Waals surface area contributed by atoms with Crippen LogP contribution < -0.4 is 14.7 Å². The number of thiazole rings is 1. The molecule has 9 heteroatoms. The van der Waals surface area contributed by atoms with E-state index in [4.69, 9.17) is 0 Å². The van der Waals surface area contributed by atoms with Gasteiger partial charge in [0.25, 0.3) is 0 Å². The molecule has 1 saturated heterocycles. The smallest absolute Gasteiger partial charge is 0.305 e. The zero-order valence-electron chi connectivity index (χ0n) is 21.1. The van der Waals surface area contributed by atoms with Gasteiger partial charge in [-0.05, 0) is 80.0 Å². The first-order valence-corrected chi connectivity index (χ1v) is 15.0. The van der Waals surface area contributed by atoms with Gasteiger partial charge in [0.05, 0.1) is 22.5 Å². The molecule has 7 atom stereocenters. The van der Waals surface area contributed by atoms with E-state index in [9.17, 15) is 18.8 Å². The molecule has 4 aliphatic rings. The number of nitrogens with zero attached hydrogens (tertiary/aromatic N) is 2. The van der Waals surface area contributed by atoms with Gasteiger partial charge in [-0.25, -0.2) is 4.39 Å². The van der Waals surface area contributed by atoms with E-state index in [0.29, 0.717) is 5.69 Å². The standard InChI is InChI=1S/C29H28FN3O3S2/c1-3-32(4-2)16-9-5-14(6-10-16)20-21-18-13-19(24(21)37-26-25(20)38-29(36)31-26)23-22(18)27(34)33(28(23)35)17-11-7-15(30)8-12-17/h5-12,18-24H,3-4,13H2,1-2H3,(H,31,36)/t18-,19+,20-,21-,22+,23+,24-/m1/s1. The van der Waals surface area contributed by atoms with E-state index in [1.54, 1.807) is 11.8 Å². The van der Waals surface area contributed by atoms with Gasteiger partial charge < -0.3 is 9.88 Å². The number of anilines is 2. The molecule has 2 bridgehead atoms. The average molecular weight is 550 g/mol. The summed E-state index contributed by atoms with van der Waals surface area (Å²) in [4.78, 5) is 47.5. The summed E-state index contributed by atoms with van der Waals surface area (Å²) in [6.07, 6.45) is 0.847. The second-order valence-electron chi connectivity index (χ2n) is 10.7. The van der Waals surface area contributed by atoms with Crippen molar-refractivity contribution in [3.8, 4) is 0 Å². The SMILES string of the molecule is CCN(CC)c1ccc([C@H]2c3sc(=O)[nH]c3S[C@@H]3[C@H]4C[C@@H]([C@@H]5C(=O)N(c6ccc(F)cc6)C(=O)[C@@H]45)[C@H]23)cc1. The van der Waals surface area contributed by atoms with Crippen molar-refractivity contribution < 1.29 is 14.0 Å². The van der Waals surface area contributed by atoms with Gasteiger partial charge in [-0.15, -0.1) is 11.8 Å². The highest BCUT2D eigenvalue weighted by molar-refractivity contribution is 8.00. The minimum absolute atomic E-state index is 0.00433. The summed E-state index contributed by atoms with van der Waals surface area (Å²) in [5, 5.41) is 1.06. The van der Waals surface area contributed by atoms with Gasteiger partial charge in [0.1, 0.15) is 5.82 Å². The van der Waals surface area contributed by atoms with Crippen LogP contribution in [0.15, 0.2) is 58.4 Å². The molecule has 3 aromatic rings. The molecular formula is C29H28FN3O3S2. The molecule has 1 N–H and O–H groups in total. The quantitative estimate of drug-likeness (QED) is 0.449. The van der Waals surface area contributed by atoms with Gasteiger partial charge in [0.2, 0.25) is 11.8 Å². The summed E-state index contributed by atoms with van der Waals surface area (Å²) < 4.78 is 13.6. The van der Waals surface area contributed by atoms with Crippen molar-refractivity contribution in [3.05, 3.63) is 74.5 Å². The first-order chi connectivity index (χ1) is 18.4. The molecular weight excluding hydrogens is 521 g/mol. The van der Waals surface area contributed by atoms with E-state index in [-0.39, 0.29) is 57.4 Å². The summed E-state index contributed by atoms with van der Waals surface area (Å²) in [5.74, 6) is -1.16. The summed E-state index contributed by atoms with van der Waals surface area (Å²) >= 11 is 2.97. The lowest BCUT2D eigenvalue weighted by atomic mass is 9.68. The molecule has 1 aromatic heterocycles. The van der Waals surface area contributed by atoms with Crippen LogP contribution >= 0.6 is 23.1 Å². The number of imide groups is 1. The number of halogens is 1. The Labute approximate surface area is 228 Å². The minimum atomic E-state index is -0.398. The maximum absolute atomic E-state index is 13.8. The third kappa shape index (κ3) is 3.33. The number of aromatic nitrogens is 1. The van der Waals surface area contributed by atoms with Crippen LogP contribution in [-0.4, -0.2) is 35.1 Å². The van der Waals surface area contributed by atoms with Crippen LogP contribution in [0, 0.1) is 35.4 Å². The topological polar surface area (TPSA) is 73.5 Å². The van der Waals surface area contributed by atoms with Crippen LogP contribution in [0.5, 0.6) is 0 Å². The molecule has 7 rings (SSSR count). The first kappa shape index (κ1) is 24.2. The van der Waals surface area contributed by atoms with Gasteiger partial charge in [-0.2, -0.15) is 0 Å². The van der Waals surface area contributed by atoms with E-state index < -0.39 is 5.82 Å². The van der Waals surface area contributed by atoms with Crippen LogP contribution in [0.3, 0.4) is 0 Å². The predicted octanol–water partition coefficient (Wildman–Crippen LogP) is 5.10. The summed E-state index contributed by atoms with van der Waals surface area (Å²) in [7, 11) is 0. The van der Waals surface area contributed by atoms with Gasteiger partial charge in [-0.1, -0.05) is 23.5 Å². The number of hydrogen-bond acceptors (Lipinski definition) is 6. The monoisotopic (exact) mass is 549 g/mol. The number of nitrogens with one attached hydrogen (secondary N) is 1. The molecule has 2 saturated carbocycles. The molecule has 0 spiro atoms. The Hall–Kier alpha value is -2.91. The predicted molar refractivity (Wildman–Crippen MR) is 147 cm³/mol. The number of carbonyl (C=O) groups excluding carboxylic acids is 2. The molecule has 196 valence electrons. The van der Waals surface area contributed by atoms with Crippen LogP contribution in [0.1, 0.15) is 36.6 Å². The Balaban J connectivity index is 1.28. The van der Waals surface area contributed by atoms with E-state index in [1.165, 1.54) is 46.2 Å². The molecule has 2 aliphatic heterocycles. The largest absolute Gasteiger partial charge is 0.372 e. The van der Waals surface area contributed by atoms with Crippen molar-refractivity contribution in [1.82, 2.24) is 4.98 Å². The fourth-order valence-electron chi connectivity index (χ4n) is 7.72. The van der Waals surface area contributed by atoms with Gasteiger partial charge in [0.15, 0.2) is 0 Å². The van der Waals surface area contributed by atoms with Crippen molar-refractivity contribution in [2.24, 2.45) is 29.6 Å². The molecule has 3 heterocycles. The van der Waals surface area contributed by atoms with E-state index in [2.05, 4.69) is 48.0 Å². The summed E-state index contributed by atoms with van der Waals surface area (Å²) in [5.41, 5.74) is 2.77. The first-order valence-electron chi connectivity index (χ1n) is 13.3. The maximum atomic E-state index is 13.8. The van der Waals surface area contributed by atoms with E-state index in [1.807, 2.05) is 0 Å². The molecule has 0 radical (unpaired) electrons. The van der Waals surface area contributed by atoms with Crippen LogP contribution in [-0.2, 0) is 9.59 Å². The van der Waals surface area contributed by atoms with Crippen LogP contribution in [0.4, 0.5) is 15.8 Å². The molecule has 2 amide bonds. The Morgan fingerprint density at radius 3 is 2.26 bits per heavy atom. The second kappa shape index (κ2) is 8.81. The number of hydrogen-bond donors (Lipinski definition) is 1. The fraction of sp³-hybridized carbons (Fsp3) is 0.414. The highest BCUT2D eigenvalue weighted by Gasteiger charge is 2.69. The average Bonchev–Trinajstić information content (AvgIpc) is 3.65. The van der Waals surface area contributed by atoms with Crippen LogP contribution in [0.2, 0.25) is 0 Å². The Morgan fingerprint density at radius 2 is 1.61 bits per heavy atom. The number of thioether (sulfide) groups is 1. The number of H-pyrrole nitrogens is 1. The molecule has 2 aromatic carbocycles. The van der Waals surface area contributed by atoms with Gasteiger partial charge in [0, 0.05) is 34.8 Å². The second-order valence-corrected chi connectivity index (χ2v) is 12.9. The number of benzene rings is 2. The third-order valence-electron chi connectivity index (χ3n) is 9.19. The van der Waals surface area contributed by atoms with Crippen molar-refractivity contribution >= 4 is 46.3 Å². The Bertz CT molecular complexity index is 1480. The number of amides is 2. The number of fused-ring (bicyclic) bond motifs is 9. The van der Waals surface area contributed by atoms with Gasteiger partial charge >= 0.3 is 4.87 Å². The van der Waals surface area contributed by atoms with Crippen LogP contribution in [0.25, 0.3) is 0 Å². The summed E-state index contributed by atoms with van der Waals surface area (Å²) in [6, 6.07) is 14.3. The van der Waals surface area contributed by atoms with Crippen molar-refractivity contribution in [2.75, 3.05) is 22.9 Å². The van der Waals surface area contributed by atoms with E-state index >= 15 is 0 Å². The lowest BCUT2D eigenvalue weighted by Crippen LogP contribution is -2.42. The number of carbonyl (C=O) groups is 2. The lowest BCUT2D eigenvalue weighted by Gasteiger charge is -2.43. The minimum Gasteiger partial charge on any atom is -0.372 e. The highest BCUT2D eigenvalue weighted by atomic mass is 32.2. The van der Waals surface area contributed by atoms with Gasteiger partial charge in [-0.3, -0.25) is 19.3 Å². The van der Waals surface area contributed by atoms with E-state index in [0.717, 1.165) is 35.0 Å². The van der Waals surface area contributed by atoms with Crippen molar-refractivity contribution in [3.63, 3.8) is 0 Å². The number of aromatic amines is 1. The lowest BCUT2D eigenvalue weighted by molar-refractivity contribution is -0.123. The maximum Gasteiger partial charge on any atom is 0.305 e. The van der Waals surface area contributed by atoms with Crippen molar-refractivity contribution in [2.45, 2.75) is 36.5 Å². The molecule has 6 nitrogen and oxygen atoms in total. The zero-order valence-corrected chi connectivity index (χ0v) is 22.7. The number of rotatable bonds is 5. The van der Waals surface area contributed by atoms with Crippen molar-refractivity contribution in [1.29, 1.82) is 0 Å². The Kier molecular flexibility index (Phi) is 5.60. The molecule has 2 aliphatic carbocycles. The Morgan fingerprint density at radius 1 is 0.947 bits per heavy atom. The molecule has 38 heavy (non-hydrogen) atoms. The third-order valence-corrected chi connectivity index (χ3v) is 11.8. The highest BCUT2D eigenvalue weighted by Crippen LogP contribution is 2.68. The normalized spacial score (nSPS) is 30.9. The molecule has 0 unspecified atom stereocenters. The summed E-state index contributed by atoms with van der Waals surface area (Å²) in [6.45, 7) is 6.14. The fourth-order valence-corrected chi connectivity index (χ4v) is 10.6. The zero-order chi connectivity index (χ0) is 26.3. The molecule has 3 fully saturated rings.